The molecule has 2 aromatic carbocycles. The van der Waals surface area contributed by atoms with E-state index in [4.69, 9.17) is 4.74 Å². The third-order valence-corrected chi connectivity index (χ3v) is 5.08. The Kier molecular flexibility index (Phi) is 5.82. The van der Waals surface area contributed by atoms with E-state index in [-0.39, 0.29) is 17.7 Å². The van der Waals surface area contributed by atoms with Gasteiger partial charge in [-0.25, -0.2) is 0 Å². The molecule has 1 saturated heterocycles. The standard InChI is InChI=1S/C21H25N3O4/c1-14-4-5-15(2)20(12-14)28-17-8-10-23(11-9-17)19-7-6-16(24(26)27)13-18(19)21(25)22-3/h4-7,12-13,17H,8-11H2,1-3H3,(H,22,25). The van der Waals surface area contributed by atoms with Crippen molar-refractivity contribution in [2.75, 3.05) is 25.0 Å². The van der Waals surface area contributed by atoms with Crippen LogP contribution in [0.25, 0.3) is 0 Å². The largest absolute Gasteiger partial charge is 0.490 e. The molecule has 1 N–H and O–H groups in total. The summed E-state index contributed by atoms with van der Waals surface area (Å²) in [6.07, 6.45) is 1.74. The fraction of sp³-hybridized carbons (Fsp3) is 0.381. The monoisotopic (exact) mass is 383 g/mol. The number of nitrogens with zero attached hydrogens (tertiary/aromatic N) is 2. The molecule has 1 aliphatic heterocycles. The van der Waals surface area contributed by atoms with Gasteiger partial charge in [0, 0.05) is 45.1 Å². The van der Waals surface area contributed by atoms with Crippen molar-refractivity contribution in [3.05, 3.63) is 63.2 Å². The summed E-state index contributed by atoms with van der Waals surface area (Å²) in [5, 5.41) is 13.6. The summed E-state index contributed by atoms with van der Waals surface area (Å²) >= 11 is 0. The number of benzene rings is 2. The van der Waals surface area contributed by atoms with E-state index in [2.05, 4.69) is 28.4 Å². The molecule has 0 radical (unpaired) electrons. The van der Waals surface area contributed by atoms with E-state index < -0.39 is 4.92 Å². The normalized spacial score (nSPS) is 14.6. The smallest absolute Gasteiger partial charge is 0.270 e. The van der Waals surface area contributed by atoms with Crippen LogP contribution in [-0.4, -0.2) is 37.1 Å². The van der Waals surface area contributed by atoms with Crippen LogP contribution in [0.5, 0.6) is 5.75 Å². The third kappa shape index (κ3) is 4.24. The minimum Gasteiger partial charge on any atom is -0.490 e. The number of anilines is 1. The maximum atomic E-state index is 12.2. The van der Waals surface area contributed by atoms with Crippen molar-refractivity contribution in [1.29, 1.82) is 0 Å². The van der Waals surface area contributed by atoms with Gasteiger partial charge >= 0.3 is 0 Å². The van der Waals surface area contributed by atoms with Crippen molar-refractivity contribution < 1.29 is 14.5 Å². The molecule has 2 aromatic rings. The van der Waals surface area contributed by atoms with E-state index in [1.165, 1.54) is 24.7 Å². The molecule has 1 aliphatic rings. The quantitative estimate of drug-likeness (QED) is 0.630. The second kappa shape index (κ2) is 8.29. The second-order valence-corrected chi connectivity index (χ2v) is 7.11. The van der Waals surface area contributed by atoms with Gasteiger partial charge in [0.1, 0.15) is 11.9 Å². The highest BCUT2D eigenvalue weighted by molar-refractivity contribution is 6.00. The average molecular weight is 383 g/mol. The van der Waals surface area contributed by atoms with Gasteiger partial charge in [0.05, 0.1) is 16.2 Å². The Morgan fingerprint density at radius 2 is 1.89 bits per heavy atom. The first kappa shape index (κ1) is 19.7. The van der Waals surface area contributed by atoms with Crippen LogP contribution >= 0.6 is 0 Å². The zero-order valence-corrected chi connectivity index (χ0v) is 16.4. The molecular formula is C21H25N3O4. The first-order valence-electron chi connectivity index (χ1n) is 9.38. The van der Waals surface area contributed by atoms with Gasteiger partial charge in [-0.15, -0.1) is 0 Å². The second-order valence-electron chi connectivity index (χ2n) is 7.11. The Labute approximate surface area is 164 Å². The van der Waals surface area contributed by atoms with Crippen LogP contribution in [0, 0.1) is 24.0 Å². The molecule has 28 heavy (non-hydrogen) atoms. The zero-order valence-electron chi connectivity index (χ0n) is 16.4. The molecule has 0 spiro atoms. The summed E-state index contributed by atoms with van der Waals surface area (Å²) in [6.45, 7) is 5.52. The molecule has 7 heteroatoms. The molecular weight excluding hydrogens is 358 g/mol. The van der Waals surface area contributed by atoms with Crippen molar-refractivity contribution in [3.8, 4) is 5.75 Å². The maximum absolute atomic E-state index is 12.2. The van der Waals surface area contributed by atoms with Gasteiger partial charge in [-0.2, -0.15) is 0 Å². The van der Waals surface area contributed by atoms with E-state index in [9.17, 15) is 14.9 Å². The third-order valence-electron chi connectivity index (χ3n) is 5.08. The number of hydrogen-bond acceptors (Lipinski definition) is 5. The number of carbonyl (C=O) groups excluding carboxylic acids is 1. The van der Waals surface area contributed by atoms with Crippen molar-refractivity contribution >= 4 is 17.3 Å². The number of rotatable bonds is 5. The summed E-state index contributed by atoms with van der Waals surface area (Å²) in [4.78, 5) is 24.9. The van der Waals surface area contributed by atoms with Crippen LogP contribution in [0.4, 0.5) is 11.4 Å². The zero-order chi connectivity index (χ0) is 20.3. The predicted octanol–water partition coefficient (Wildman–Crippen LogP) is 3.62. The van der Waals surface area contributed by atoms with Crippen LogP contribution in [0.3, 0.4) is 0 Å². The lowest BCUT2D eigenvalue weighted by molar-refractivity contribution is -0.384. The van der Waals surface area contributed by atoms with Gasteiger partial charge in [-0.05, 0) is 37.1 Å². The average Bonchev–Trinajstić information content (AvgIpc) is 2.70. The van der Waals surface area contributed by atoms with Crippen molar-refractivity contribution in [2.24, 2.45) is 0 Å². The van der Waals surface area contributed by atoms with Crippen LogP contribution < -0.4 is 15.0 Å². The lowest BCUT2D eigenvalue weighted by Gasteiger charge is -2.34. The Bertz CT molecular complexity index is 889. The molecule has 1 heterocycles. The Balaban J connectivity index is 1.73. The van der Waals surface area contributed by atoms with E-state index in [0.717, 1.165) is 42.9 Å². The predicted molar refractivity (Wildman–Crippen MR) is 108 cm³/mol. The van der Waals surface area contributed by atoms with Crippen LogP contribution in [0.2, 0.25) is 0 Å². The summed E-state index contributed by atoms with van der Waals surface area (Å²) < 4.78 is 6.21. The van der Waals surface area contributed by atoms with Gasteiger partial charge in [0.2, 0.25) is 0 Å². The number of aryl methyl sites for hydroxylation is 2. The lowest BCUT2D eigenvalue weighted by Crippen LogP contribution is -2.39. The molecule has 0 unspecified atom stereocenters. The van der Waals surface area contributed by atoms with E-state index in [1.807, 2.05) is 13.8 Å². The van der Waals surface area contributed by atoms with Gasteiger partial charge in [0.15, 0.2) is 0 Å². The lowest BCUT2D eigenvalue weighted by atomic mass is 10.0. The molecule has 0 bridgehead atoms. The number of ether oxygens (including phenoxy) is 1. The van der Waals surface area contributed by atoms with E-state index in [0.29, 0.717) is 5.56 Å². The molecule has 7 nitrogen and oxygen atoms in total. The number of amides is 1. The van der Waals surface area contributed by atoms with Crippen molar-refractivity contribution in [1.82, 2.24) is 5.32 Å². The molecule has 0 aromatic heterocycles. The van der Waals surface area contributed by atoms with Crippen molar-refractivity contribution in [3.63, 3.8) is 0 Å². The van der Waals surface area contributed by atoms with E-state index >= 15 is 0 Å². The van der Waals surface area contributed by atoms with Crippen LogP contribution in [0.1, 0.15) is 34.3 Å². The molecule has 3 rings (SSSR count). The van der Waals surface area contributed by atoms with Crippen molar-refractivity contribution in [2.45, 2.75) is 32.8 Å². The minimum atomic E-state index is -0.486. The number of nitro groups is 1. The summed E-state index contributed by atoms with van der Waals surface area (Å²) in [7, 11) is 1.52. The fourth-order valence-electron chi connectivity index (χ4n) is 3.46. The number of carbonyl (C=O) groups is 1. The number of piperidine rings is 1. The highest BCUT2D eigenvalue weighted by atomic mass is 16.6. The molecule has 0 saturated carbocycles. The molecule has 148 valence electrons. The Morgan fingerprint density at radius 1 is 1.18 bits per heavy atom. The first-order chi connectivity index (χ1) is 13.4. The molecule has 1 fully saturated rings. The van der Waals surface area contributed by atoms with E-state index in [1.54, 1.807) is 6.07 Å². The van der Waals surface area contributed by atoms with Gasteiger partial charge in [-0.1, -0.05) is 12.1 Å². The number of nitro benzene ring substituents is 1. The fourth-order valence-corrected chi connectivity index (χ4v) is 3.46. The minimum absolute atomic E-state index is 0.0875. The maximum Gasteiger partial charge on any atom is 0.270 e. The number of non-ortho nitro benzene ring substituents is 1. The number of hydrogen-bond donors (Lipinski definition) is 1. The topological polar surface area (TPSA) is 84.7 Å². The van der Waals surface area contributed by atoms with Gasteiger partial charge in [-0.3, -0.25) is 14.9 Å². The molecule has 0 aliphatic carbocycles. The van der Waals surface area contributed by atoms with Crippen LogP contribution in [0.15, 0.2) is 36.4 Å². The summed E-state index contributed by atoms with van der Waals surface area (Å²) in [5.41, 5.74) is 3.24. The summed E-state index contributed by atoms with van der Waals surface area (Å²) in [5.74, 6) is 0.590. The number of nitrogens with one attached hydrogen (secondary N) is 1. The highest BCUT2D eigenvalue weighted by Gasteiger charge is 2.25. The first-order valence-corrected chi connectivity index (χ1v) is 9.38. The van der Waals surface area contributed by atoms with Crippen LogP contribution in [-0.2, 0) is 0 Å². The molecule has 0 atom stereocenters. The summed E-state index contributed by atoms with van der Waals surface area (Å²) in [6, 6.07) is 10.6. The Hall–Kier alpha value is -3.09. The molecule has 1 amide bonds. The highest BCUT2D eigenvalue weighted by Crippen LogP contribution is 2.30. The Morgan fingerprint density at radius 3 is 2.54 bits per heavy atom. The SMILES string of the molecule is CNC(=O)c1cc([N+](=O)[O-])ccc1N1CCC(Oc2cc(C)ccc2C)CC1. The van der Waals surface area contributed by atoms with Gasteiger partial charge < -0.3 is 15.0 Å². The van der Waals surface area contributed by atoms with Gasteiger partial charge in [0.25, 0.3) is 11.6 Å².